The summed E-state index contributed by atoms with van der Waals surface area (Å²) in [7, 11) is -3.14. The third kappa shape index (κ3) is 4.80. The molecule has 2 saturated heterocycles. The Morgan fingerprint density at radius 2 is 1.84 bits per heavy atom. The number of nitrogens with zero attached hydrogens (tertiary/aromatic N) is 4. The molecular formula is C23H34N4O3S. The summed E-state index contributed by atoms with van der Waals surface area (Å²) in [5.41, 5.74) is 2.68. The number of unbranched alkanes of at least 4 members (excludes halogenated alkanes) is 1. The third-order valence-electron chi connectivity index (χ3n) is 6.92. The summed E-state index contributed by atoms with van der Waals surface area (Å²) in [6, 6.07) is 4.14. The van der Waals surface area contributed by atoms with Gasteiger partial charge in [0, 0.05) is 32.4 Å². The van der Waals surface area contributed by atoms with Gasteiger partial charge in [-0.25, -0.2) is 17.2 Å². The molecule has 0 aliphatic carbocycles. The molecule has 170 valence electrons. The first-order chi connectivity index (χ1) is 14.9. The van der Waals surface area contributed by atoms with Crippen LogP contribution in [0.25, 0.3) is 5.52 Å². The van der Waals surface area contributed by atoms with Crippen LogP contribution in [-0.2, 0) is 10.0 Å². The summed E-state index contributed by atoms with van der Waals surface area (Å²) in [5, 5.41) is 4.39. The molecule has 8 heteroatoms. The number of hydrogen-bond acceptors (Lipinski definition) is 4. The van der Waals surface area contributed by atoms with Crippen molar-refractivity contribution in [3.05, 3.63) is 35.7 Å². The maximum absolute atomic E-state index is 13.1. The minimum Gasteiger partial charge on any atom is -0.339 e. The maximum atomic E-state index is 13.1. The smallest absolute Gasteiger partial charge is 0.257 e. The highest BCUT2D eigenvalue weighted by Crippen LogP contribution is 2.31. The first-order valence-corrected chi connectivity index (χ1v) is 13.2. The Morgan fingerprint density at radius 3 is 2.52 bits per heavy atom. The highest BCUT2D eigenvalue weighted by Gasteiger charge is 2.29. The van der Waals surface area contributed by atoms with Gasteiger partial charge in [0.15, 0.2) is 0 Å². The van der Waals surface area contributed by atoms with E-state index in [-0.39, 0.29) is 11.7 Å². The van der Waals surface area contributed by atoms with Crippen molar-refractivity contribution in [2.45, 2.75) is 58.3 Å². The molecule has 31 heavy (non-hydrogen) atoms. The standard InChI is InChI=1S/C23H34N4O3S/c1-3-4-15-31(29,30)26-12-7-19(8-13-26)20-9-14-27-22(16-20)21(17-24-27)23(28)25-10-5-18(2)6-11-25/h9,14,16-19H,3-8,10-13,15H2,1-2H3. The molecule has 4 heterocycles. The Bertz CT molecular complexity index is 1020. The van der Waals surface area contributed by atoms with Crippen molar-refractivity contribution in [1.82, 2.24) is 18.8 Å². The van der Waals surface area contributed by atoms with Crippen molar-refractivity contribution in [1.29, 1.82) is 0 Å². The summed E-state index contributed by atoms with van der Waals surface area (Å²) in [4.78, 5) is 15.1. The summed E-state index contributed by atoms with van der Waals surface area (Å²) >= 11 is 0. The first kappa shape index (κ1) is 22.3. The second-order valence-electron chi connectivity index (χ2n) is 9.17. The van der Waals surface area contributed by atoms with Crippen molar-refractivity contribution in [2.24, 2.45) is 5.92 Å². The number of carbonyl (C=O) groups excluding carboxylic acids is 1. The van der Waals surface area contributed by atoms with Gasteiger partial charge >= 0.3 is 0 Å². The van der Waals surface area contributed by atoms with Crippen molar-refractivity contribution in [3.8, 4) is 0 Å². The topological polar surface area (TPSA) is 75.0 Å². The lowest BCUT2D eigenvalue weighted by molar-refractivity contribution is 0.0699. The van der Waals surface area contributed by atoms with Gasteiger partial charge in [-0.1, -0.05) is 20.3 Å². The molecule has 2 aliphatic rings. The molecule has 0 unspecified atom stereocenters. The lowest BCUT2D eigenvalue weighted by Crippen LogP contribution is -2.39. The second-order valence-corrected chi connectivity index (χ2v) is 11.3. The van der Waals surface area contributed by atoms with Gasteiger partial charge < -0.3 is 4.90 Å². The van der Waals surface area contributed by atoms with Gasteiger partial charge in [0.05, 0.1) is 23.0 Å². The van der Waals surface area contributed by atoms with Crippen LogP contribution in [0.5, 0.6) is 0 Å². The van der Waals surface area contributed by atoms with Crippen LogP contribution in [0.3, 0.4) is 0 Å². The molecular weight excluding hydrogens is 412 g/mol. The largest absolute Gasteiger partial charge is 0.339 e. The molecule has 0 radical (unpaired) electrons. The monoisotopic (exact) mass is 446 g/mol. The Labute approximate surface area is 185 Å². The van der Waals surface area contributed by atoms with Crippen LogP contribution in [0.15, 0.2) is 24.5 Å². The SMILES string of the molecule is CCCCS(=O)(=O)N1CCC(c2ccn3ncc(C(=O)N4CCC(C)CC4)c3c2)CC1. The van der Waals surface area contributed by atoms with Gasteiger partial charge in [-0.15, -0.1) is 0 Å². The Hall–Kier alpha value is -1.93. The minimum atomic E-state index is -3.14. The van der Waals surface area contributed by atoms with Crippen LogP contribution < -0.4 is 0 Å². The number of hydrogen-bond donors (Lipinski definition) is 0. The average molecular weight is 447 g/mol. The number of sulfonamides is 1. The summed E-state index contributed by atoms with van der Waals surface area (Å²) in [5.74, 6) is 1.29. The molecule has 2 aromatic heterocycles. The lowest BCUT2D eigenvalue weighted by atomic mass is 9.90. The van der Waals surface area contributed by atoms with E-state index in [9.17, 15) is 13.2 Å². The van der Waals surface area contributed by atoms with E-state index in [2.05, 4.69) is 24.2 Å². The maximum Gasteiger partial charge on any atom is 0.257 e. The molecule has 2 aromatic rings. The van der Waals surface area contributed by atoms with Gasteiger partial charge in [0.25, 0.3) is 5.91 Å². The van der Waals surface area contributed by atoms with Crippen LogP contribution in [0.1, 0.15) is 74.2 Å². The van der Waals surface area contributed by atoms with Gasteiger partial charge in [0.1, 0.15) is 0 Å². The van der Waals surface area contributed by atoms with E-state index in [1.54, 1.807) is 15.0 Å². The molecule has 4 rings (SSSR count). The van der Waals surface area contributed by atoms with Crippen LogP contribution in [0.2, 0.25) is 0 Å². The van der Waals surface area contributed by atoms with Gasteiger partial charge in [-0.3, -0.25) is 4.79 Å². The number of fused-ring (bicyclic) bond motifs is 1. The van der Waals surface area contributed by atoms with E-state index in [0.717, 1.165) is 50.7 Å². The zero-order valence-corrected chi connectivity index (χ0v) is 19.5. The number of pyridine rings is 1. The van der Waals surface area contributed by atoms with Gasteiger partial charge in [0.2, 0.25) is 10.0 Å². The normalized spacial score (nSPS) is 19.9. The van der Waals surface area contributed by atoms with Crippen molar-refractivity contribution in [2.75, 3.05) is 31.9 Å². The Balaban J connectivity index is 1.47. The van der Waals surface area contributed by atoms with E-state index in [0.29, 0.717) is 36.9 Å². The molecule has 2 aliphatic heterocycles. The van der Waals surface area contributed by atoms with Gasteiger partial charge in [-0.05, 0) is 61.6 Å². The van der Waals surface area contributed by atoms with Crippen molar-refractivity contribution >= 4 is 21.4 Å². The molecule has 0 N–H and O–H groups in total. The predicted octanol–water partition coefficient (Wildman–Crippen LogP) is 3.52. The summed E-state index contributed by atoms with van der Waals surface area (Å²) < 4.78 is 28.4. The van der Waals surface area contributed by atoms with Crippen molar-refractivity contribution < 1.29 is 13.2 Å². The predicted molar refractivity (Wildman–Crippen MR) is 122 cm³/mol. The number of aromatic nitrogens is 2. The van der Waals surface area contributed by atoms with E-state index < -0.39 is 10.0 Å². The van der Waals surface area contributed by atoms with Gasteiger partial charge in [-0.2, -0.15) is 5.10 Å². The van der Waals surface area contributed by atoms with E-state index in [1.165, 1.54) is 5.56 Å². The van der Waals surface area contributed by atoms with E-state index in [1.807, 2.05) is 18.0 Å². The number of carbonyl (C=O) groups is 1. The highest BCUT2D eigenvalue weighted by atomic mass is 32.2. The number of likely N-dealkylation sites (tertiary alicyclic amines) is 1. The molecule has 2 fully saturated rings. The first-order valence-electron chi connectivity index (χ1n) is 11.6. The zero-order valence-electron chi connectivity index (χ0n) is 18.7. The zero-order chi connectivity index (χ0) is 22.0. The van der Waals surface area contributed by atoms with E-state index in [4.69, 9.17) is 0 Å². The second kappa shape index (κ2) is 9.28. The Kier molecular flexibility index (Phi) is 6.67. The third-order valence-corrected chi connectivity index (χ3v) is 8.88. The fourth-order valence-corrected chi connectivity index (χ4v) is 6.40. The lowest BCUT2D eigenvalue weighted by Gasteiger charge is -2.31. The van der Waals surface area contributed by atoms with Crippen molar-refractivity contribution in [3.63, 3.8) is 0 Å². The average Bonchev–Trinajstić information content (AvgIpc) is 3.21. The van der Waals surface area contributed by atoms with Crippen LogP contribution in [0, 0.1) is 5.92 Å². The fourth-order valence-electron chi connectivity index (χ4n) is 4.72. The molecule has 0 bridgehead atoms. The number of rotatable bonds is 6. The fraction of sp³-hybridized carbons (Fsp3) is 0.652. The summed E-state index contributed by atoms with van der Waals surface area (Å²) in [6.07, 6.45) is 8.93. The Morgan fingerprint density at radius 1 is 1.13 bits per heavy atom. The highest BCUT2D eigenvalue weighted by molar-refractivity contribution is 7.89. The van der Waals surface area contributed by atoms with E-state index >= 15 is 0 Å². The minimum absolute atomic E-state index is 0.0656. The molecule has 7 nitrogen and oxygen atoms in total. The van der Waals surface area contributed by atoms with Crippen LogP contribution >= 0.6 is 0 Å². The number of piperidine rings is 2. The quantitative estimate of drug-likeness (QED) is 0.680. The van der Waals surface area contributed by atoms with Crippen LogP contribution in [0.4, 0.5) is 0 Å². The summed E-state index contributed by atoms with van der Waals surface area (Å²) in [6.45, 7) is 7.00. The molecule has 0 saturated carbocycles. The molecule has 1 amide bonds. The van der Waals surface area contributed by atoms with Crippen LogP contribution in [-0.4, -0.2) is 65.1 Å². The molecule has 0 spiro atoms. The number of amides is 1. The molecule has 0 atom stereocenters. The molecule has 0 aromatic carbocycles.